The van der Waals surface area contributed by atoms with Crippen LogP contribution < -0.4 is 15.2 Å². The fraction of sp³-hybridized carbons (Fsp3) is 0.143. The molecule has 0 bridgehead atoms. The van der Waals surface area contributed by atoms with Gasteiger partial charge >= 0.3 is 5.97 Å². The molecule has 1 aliphatic rings. The van der Waals surface area contributed by atoms with E-state index in [4.69, 9.17) is 42.8 Å². The number of ether oxygens (including phenoxy) is 2. The van der Waals surface area contributed by atoms with Crippen LogP contribution in [0.1, 0.15) is 45.7 Å². The smallest absolute Gasteiger partial charge is 0.379 e. The number of carbonyl (C=O) groups excluding carboxylic acids is 1. The van der Waals surface area contributed by atoms with Crippen LogP contribution in [-0.2, 0) is 6.42 Å². The Kier molecular flexibility index (Phi) is 6.13. The van der Waals surface area contributed by atoms with Gasteiger partial charge in [0.2, 0.25) is 11.6 Å². The Morgan fingerprint density at radius 2 is 1.92 bits per heavy atom. The van der Waals surface area contributed by atoms with E-state index in [-0.39, 0.29) is 23.0 Å². The zero-order chi connectivity index (χ0) is 25.6. The van der Waals surface area contributed by atoms with Gasteiger partial charge in [0.25, 0.3) is 0 Å². The molecule has 0 spiro atoms. The van der Waals surface area contributed by atoms with Crippen molar-refractivity contribution in [1.82, 2.24) is 0 Å². The second kappa shape index (κ2) is 9.27. The van der Waals surface area contributed by atoms with E-state index in [1.54, 1.807) is 36.4 Å². The van der Waals surface area contributed by atoms with Crippen LogP contribution in [0.2, 0.25) is 10.0 Å². The minimum atomic E-state index is -0.625. The lowest BCUT2D eigenvalue weighted by atomic mass is 9.83. The lowest BCUT2D eigenvalue weighted by Gasteiger charge is -2.27. The third-order valence-corrected chi connectivity index (χ3v) is 7.01. The molecule has 0 saturated heterocycles. The molecule has 2 N–H and O–H groups in total. The topological polar surface area (TPSA) is 98.5 Å². The number of furan rings is 1. The van der Waals surface area contributed by atoms with Crippen LogP contribution in [-0.4, -0.2) is 5.97 Å². The molecular weight excluding hydrogens is 499 g/mol. The van der Waals surface area contributed by atoms with Gasteiger partial charge < -0.3 is 19.6 Å². The summed E-state index contributed by atoms with van der Waals surface area (Å²) in [6.45, 7) is 3.89. The molecule has 4 aromatic rings. The van der Waals surface area contributed by atoms with E-state index in [2.05, 4.69) is 13.0 Å². The van der Waals surface area contributed by atoms with Gasteiger partial charge in [0.1, 0.15) is 28.7 Å². The lowest BCUT2D eigenvalue weighted by molar-refractivity contribution is 0.0702. The first kappa shape index (κ1) is 23.8. The quantitative estimate of drug-likeness (QED) is 0.229. The molecule has 1 unspecified atom stereocenters. The van der Waals surface area contributed by atoms with Gasteiger partial charge in [-0.1, -0.05) is 48.3 Å². The Balaban J connectivity index is 1.49. The number of aryl methyl sites for hydroxylation is 2. The first-order valence-corrected chi connectivity index (χ1v) is 12.0. The van der Waals surface area contributed by atoms with E-state index in [0.29, 0.717) is 32.5 Å². The minimum Gasteiger partial charge on any atom is -0.449 e. The van der Waals surface area contributed by atoms with Crippen molar-refractivity contribution in [2.75, 3.05) is 0 Å². The summed E-state index contributed by atoms with van der Waals surface area (Å²) in [4.78, 5) is 13.0. The molecule has 0 radical (unpaired) electrons. The highest BCUT2D eigenvalue weighted by Gasteiger charge is 2.31. The molecule has 2 heterocycles. The summed E-state index contributed by atoms with van der Waals surface area (Å²) in [5.74, 6) is -0.444. The molecule has 1 aliphatic heterocycles. The molecule has 0 saturated carbocycles. The maximum atomic E-state index is 13.0. The summed E-state index contributed by atoms with van der Waals surface area (Å²) in [6.07, 6.45) is 0.879. The second-order valence-electron chi connectivity index (χ2n) is 8.43. The Morgan fingerprint density at radius 3 is 2.64 bits per heavy atom. The van der Waals surface area contributed by atoms with Crippen LogP contribution in [0, 0.1) is 18.3 Å². The Labute approximate surface area is 217 Å². The van der Waals surface area contributed by atoms with Crippen LogP contribution in [0.4, 0.5) is 0 Å². The summed E-state index contributed by atoms with van der Waals surface area (Å²) in [5, 5.41) is 11.4. The molecule has 1 aromatic heterocycles. The summed E-state index contributed by atoms with van der Waals surface area (Å²) in [6, 6.07) is 18.0. The van der Waals surface area contributed by atoms with E-state index in [0.717, 1.165) is 22.9 Å². The van der Waals surface area contributed by atoms with Crippen molar-refractivity contribution in [3.05, 3.63) is 104 Å². The third-order valence-electron chi connectivity index (χ3n) is 6.27. The Bertz CT molecular complexity index is 1610. The van der Waals surface area contributed by atoms with Crippen LogP contribution in [0.3, 0.4) is 0 Å². The molecule has 6 nitrogen and oxygen atoms in total. The molecule has 1 atom stereocenters. The number of allylic oxidation sites excluding steroid dienone is 1. The number of esters is 1. The van der Waals surface area contributed by atoms with Crippen LogP contribution >= 0.6 is 23.2 Å². The van der Waals surface area contributed by atoms with Gasteiger partial charge in [-0.05, 0) is 54.8 Å². The molecular formula is C28H20Cl2N2O4. The molecule has 0 amide bonds. The fourth-order valence-corrected chi connectivity index (χ4v) is 4.68. The maximum Gasteiger partial charge on any atom is 0.379 e. The van der Waals surface area contributed by atoms with Gasteiger partial charge in [0.05, 0.1) is 16.0 Å². The first-order chi connectivity index (χ1) is 17.3. The summed E-state index contributed by atoms with van der Waals surface area (Å²) < 4.78 is 17.1. The predicted molar refractivity (Wildman–Crippen MR) is 137 cm³/mol. The highest BCUT2D eigenvalue weighted by atomic mass is 35.5. The molecule has 3 aromatic carbocycles. The predicted octanol–water partition coefficient (Wildman–Crippen LogP) is 7.05. The number of hydrogen-bond donors (Lipinski definition) is 1. The van der Waals surface area contributed by atoms with Crippen molar-refractivity contribution >= 4 is 40.1 Å². The molecule has 5 rings (SSSR count). The van der Waals surface area contributed by atoms with Gasteiger partial charge in [0, 0.05) is 22.6 Å². The normalized spacial score (nSPS) is 14.8. The van der Waals surface area contributed by atoms with Crippen LogP contribution in [0.15, 0.2) is 70.5 Å². The average molecular weight is 519 g/mol. The zero-order valence-corrected chi connectivity index (χ0v) is 20.9. The number of nitrogens with two attached hydrogens (primary N) is 1. The largest absolute Gasteiger partial charge is 0.449 e. The van der Waals surface area contributed by atoms with Gasteiger partial charge in [-0.3, -0.25) is 0 Å². The average Bonchev–Trinajstić information content (AvgIpc) is 3.20. The van der Waals surface area contributed by atoms with Crippen molar-refractivity contribution in [3.8, 4) is 17.6 Å². The van der Waals surface area contributed by atoms with E-state index in [9.17, 15) is 10.1 Å². The standard InChI is InChI=1S/C28H20Cl2N2O4/c1-3-15-4-9-23-19(10-15)14(2)26(35-23)28(33)34-17-6-7-18-24(12-17)36-27(32)20(13-31)25(18)16-5-8-21(29)22(30)11-16/h4-12,25H,3,32H2,1-2H3. The Morgan fingerprint density at radius 1 is 1.11 bits per heavy atom. The number of nitriles is 1. The van der Waals surface area contributed by atoms with Crippen molar-refractivity contribution in [1.29, 1.82) is 5.26 Å². The van der Waals surface area contributed by atoms with Crippen molar-refractivity contribution in [2.45, 2.75) is 26.2 Å². The van der Waals surface area contributed by atoms with E-state index in [1.807, 2.05) is 25.1 Å². The fourth-order valence-electron chi connectivity index (χ4n) is 4.37. The van der Waals surface area contributed by atoms with Crippen molar-refractivity contribution in [3.63, 3.8) is 0 Å². The molecule has 36 heavy (non-hydrogen) atoms. The zero-order valence-electron chi connectivity index (χ0n) is 19.4. The minimum absolute atomic E-state index is 0.0376. The number of fused-ring (bicyclic) bond motifs is 2. The summed E-state index contributed by atoms with van der Waals surface area (Å²) >= 11 is 12.3. The maximum absolute atomic E-state index is 13.0. The Hall–Kier alpha value is -3.92. The summed E-state index contributed by atoms with van der Waals surface area (Å²) in [7, 11) is 0. The molecule has 180 valence electrons. The van der Waals surface area contributed by atoms with Gasteiger partial charge in [0.15, 0.2) is 0 Å². The van der Waals surface area contributed by atoms with E-state index < -0.39 is 11.9 Å². The lowest BCUT2D eigenvalue weighted by Crippen LogP contribution is -2.21. The SMILES string of the molecule is CCc1ccc2oc(C(=O)Oc3ccc4c(c3)OC(N)=C(C#N)C4c3ccc(Cl)c(Cl)c3)c(C)c2c1. The number of rotatable bonds is 4. The molecule has 0 aliphatic carbocycles. The third kappa shape index (κ3) is 4.07. The summed E-state index contributed by atoms with van der Waals surface area (Å²) in [5.41, 5.74) is 10.2. The number of benzene rings is 3. The van der Waals surface area contributed by atoms with E-state index in [1.165, 1.54) is 0 Å². The van der Waals surface area contributed by atoms with E-state index >= 15 is 0 Å². The van der Waals surface area contributed by atoms with Gasteiger partial charge in [-0.25, -0.2) is 4.79 Å². The van der Waals surface area contributed by atoms with Crippen LogP contribution in [0.5, 0.6) is 11.5 Å². The van der Waals surface area contributed by atoms with Crippen molar-refractivity contribution in [2.24, 2.45) is 5.73 Å². The molecule has 8 heteroatoms. The van der Waals surface area contributed by atoms with Gasteiger partial charge in [-0.2, -0.15) is 5.26 Å². The number of carbonyl (C=O) groups is 1. The van der Waals surface area contributed by atoms with Crippen LogP contribution in [0.25, 0.3) is 11.0 Å². The van der Waals surface area contributed by atoms with Crippen molar-refractivity contribution < 1.29 is 18.7 Å². The highest BCUT2D eigenvalue weighted by molar-refractivity contribution is 6.42. The van der Waals surface area contributed by atoms with Gasteiger partial charge in [-0.15, -0.1) is 0 Å². The number of halogens is 2. The molecule has 0 fully saturated rings. The first-order valence-electron chi connectivity index (χ1n) is 11.2. The number of hydrogen-bond acceptors (Lipinski definition) is 6. The second-order valence-corrected chi connectivity index (χ2v) is 9.24. The number of nitrogens with zero attached hydrogens (tertiary/aromatic N) is 1. The highest BCUT2D eigenvalue weighted by Crippen LogP contribution is 2.44. The monoisotopic (exact) mass is 518 g/mol.